The average molecular weight is 907 g/mol. The number of hydrogen-bond donors (Lipinski definition) is 0. The molecule has 14 aromatic rings. The zero-order valence-corrected chi connectivity index (χ0v) is 38.9. The largest absolute Gasteiger partial charge is 0.309 e. The molecule has 2 nitrogen and oxygen atoms in total. The van der Waals surface area contributed by atoms with Crippen LogP contribution in [0.15, 0.2) is 254 Å². The highest BCUT2D eigenvalue weighted by Gasteiger charge is 2.20. The lowest BCUT2D eigenvalue weighted by Gasteiger charge is -2.15. The lowest BCUT2D eigenvalue weighted by atomic mass is 9.91. The summed E-state index contributed by atoms with van der Waals surface area (Å²) in [5.74, 6) is 0. The summed E-state index contributed by atoms with van der Waals surface area (Å²) in [6, 6.07) is 91.1. The van der Waals surface area contributed by atoms with Crippen molar-refractivity contribution in [3.8, 4) is 72.7 Å². The summed E-state index contributed by atoms with van der Waals surface area (Å²) in [6.45, 7) is 0. The van der Waals surface area contributed by atoms with E-state index in [1.165, 1.54) is 97.7 Å². The fourth-order valence-corrected chi connectivity index (χ4v) is 11.7. The number of pyridine rings is 1. The van der Waals surface area contributed by atoms with Gasteiger partial charge in [-0.1, -0.05) is 200 Å². The molecule has 0 radical (unpaired) electrons. The predicted octanol–water partition coefficient (Wildman–Crippen LogP) is 18.9. The van der Waals surface area contributed by atoms with E-state index in [1.807, 2.05) is 11.3 Å². The molecule has 0 atom stereocenters. The highest BCUT2D eigenvalue weighted by atomic mass is 32.1. The van der Waals surface area contributed by atoms with E-state index in [0.717, 1.165) is 39.2 Å². The van der Waals surface area contributed by atoms with Crippen molar-refractivity contribution < 1.29 is 0 Å². The molecule has 0 spiro atoms. The Bertz CT molecular complexity index is 4200. The molecule has 0 aliphatic heterocycles. The van der Waals surface area contributed by atoms with Gasteiger partial charge in [-0.2, -0.15) is 0 Å². The van der Waals surface area contributed by atoms with Crippen LogP contribution in [-0.2, 0) is 0 Å². The molecule has 0 unspecified atom stereocenters. The van der Waals surface area contributed by atoms with Gasteiger partial charge in [0, 0.05) is 26.6 Å². The van der Waals surface area contributed by atoms with Gasteiger partial charge in [0.2, 0.25) is 0 Å². The first-order valence-corrected chi connectivity index (χ1v) is 24.8. The van der Waals surface area contributed by atoms with Crippen molar-refractivity contribution in [3.63, 3.8) is 0 Å². The Morgan fingerprint density at radius 3 is 1.40 bits per heavy atom. The molecule has 0 amide bonds. The first-order chi connectivity index (χ1) is 34.7. The van der Waals surface area contributed by atoms with Crippen LogP contribution in [0.3, 0.4) is 0 Å². The van der Waals surface area contributed by atoms with Crippen LogP contribution >= 0.6 is 11.3 Å². The van der Waals surface area contributed by atoms with Gasteiger partial charge in [-0.25, -0.2) is 4.98 Å². The highest BCUT2D eigenvalue weighted by molar-refractivity contribution is 7.17. The highest BCUT2D eigenvalue weighted by Crippen LogP contribution is 2.44. The molecule has 0 bridgehead atoms. The number of fused-ring (bicyclic) bond motifs is 10. The molecule has 70 heavy (non-hydrogen) atoms. The summed E-state index contributed by atoms with van der Waals surface area (Å²) in [5.41, 5.74) is 16.9. The van der Waals surface area contributed by atoms with Crippen molar-refractivity contribution in [2.45, 2.75) is 0 Å². The third-order valence-corrected chi connectivity index (χ3v) is 15.2. The number of hydrogen-bond acceptors (Lipinski definition) is 2. The summed E-state index contributed by atoms with van der Waals surface area (Å²) < 4.78 is 3.80. The fourth-order valence-electron chi connectivity index (χ4n) is 10.8. The van der Waals surface area contributed by atoms with E-state index in [1.54, 1.807) is 0 Å². The molecule has 0 aliphatic carbocycles. The maximum Gasteiger partial charge on any atom is 0.0730 e. The number of nitrogens with zero attached hydrogens (tertiary/aromatic N) is 2. The monoisotopic (exact) mass is 906 g/mol. The normalized spacial score (nSPS) is 11.7. The summed E-state index contributed by atoms with van der Waals surface area (Å²) in [5, 5.41) is 13.4. The van der Waals surface area contributed by atoms with Gasteiger partial charge in [0.1, 0.15) is 0 Å². The molecule has 0 aliphatic rings. The van der Waals surface area contributed by atoms with Gasteiger partial charge in [-0.3, -0.25) is 0 Å². The second-order valence-electron chi connectivity index (χ2n) is 18.3. The van der Waals surface area contributed by atoms with E-state index in [2.05, 4.69) is 259 Å². The molecule has 0 fully saturated rings. The van der Waals surface area contributed by atoms with E-state index in [4.69, 9.17) is 4.98 Å². The van der Waals surface area contributed by atoms with Crippen molar-refractivity contribution in [2.75, 3.05) is 0 Å². The molecule has 326 valence electrons. The number of benzene rings is 11. The van der Waals surface area contributed by atoms with Crippen LogP contribution < -0.4 is 0 Å². The average Bonchev–Trinajstić information content (AvgIpc) is 4.06. The second kappa shape index (κ2) is 16.4. The molecule has 3 heterocycles. The smallest absolute Gasteiger partial charge is 0.0730 e. The Kier molecular flexibility index (Phi) is 9.43. The summed E-state index contributed by atoms with van der Waals surface area (Å²) in [4.78, 5) is 5.47. The van der Waals surface area contributed by atoms with Crippen LogP contribution in [0.5, 0.6) is 0 Å². The Morgan fingerprint density at radius 2 is 0.757 bits per heavy atom. The SMILES string of the molecule is c1ccc(-c2ccc(-c3cc(-n4c5ccc(-c6ccccc6)cc5c5cc6c7ccccc7c7ccc(-c8cccc9ccsc89)cc7c6cc54)cc(-c4ccc(-c5ccccc5)cc4)n3)cc2)cc1. The van der Waals surface area contributed by atoms with Crippen LogP contribution in [0.25, 0.3) is 137 Å². The molecular formula is C67H42N2S. The van der Waals surface area contributed by atoms with Gasteiger partial charge in [0.25, 0.3) is 0 Å². The van der Waals surface area contributed by atoms with Gasteiger partial charge >= 0.3 is 0 Å². The Hall–Kier alpha value is -8.89. The molecular weight excluding hydrogens is 865 g/mol. The van der Waals surface area contributed by atoms with E-state index in [9.17, 15) is 0 Å². The second-order valence-corrected chi connectivity index (χ2v) is 19.2. The summed E-state index contributed by atoms with van der Waals surface area (Å²) in [6.07, 6.45) is 0. The molecule has 11 aromatic carbocycles. The lowest BCUT2D eigenvalue weighted by molar-refractivity contribution is 1.16. The predicted molar refractivity (Wildman–Crippen MR) is 299 cm³/mol. The first kappa shape index (κ1) is 40.2. The topological polar surface area (TPSA) is 17.8 Å². The fraction of sp³-hybridized carbons (Fsp3) is 0. The zero-order valence-electron chi connectivity index (χ0n) is 38.1. The number of rotatable bonds is 7. The van der Waals surface area contributed by atoms with Gasteiger partial charge in [0.15, 0.2) is 0 Å². The minimum atomic E-state index is 0.916. The van der Waals surface area contributed by atoms with Gasteiger partial charge in [0.05, 0.1) is 28.1 Å². The van der Waals surface area contributed by atoms with E-state index >= 15 is 0 Å². The molecule has 14 rings (SSSR count). The third kappa shape index (κ3) is 6.74. The quantitative estimate of drug-likeness (QED) is 0.146. The number of aromatic nitrogens is 2. The summed E-state index contributed by atoms with van der Waals surface area (Å²) in [7, 11) is 0. The van der Waals surface area contributed by atoms with Gasteiger partial charge in [-0.05, 0) is 136 Å². The van der Waals surface area contributed by atoms with Gasteiger partial charge in [-0.15, -0.1) is 11.3 Å². The Balaban J connectivity index is 1.05. The Labute approximate surface area is 409 Å². The van der Waals surface area contributed by atoms with Crippen molar-refractivity contribution in [3.05, 3.63) is 254 Å². The minimum absolute atomic E-state index is 0.916. The zero-order chi connectivity index (χ0) is 46.1. The molecule has 3 aromatic heterocycles. The van der Waals surface area contributed by atoms with E-state index in [0.29, 0.717) is 0 Å². The third-order valence-electron chi connectivity index (χ3n) is 14.3. The van der Waals surface area contributed by atoms with Crippen molar-refractivity contribution in [1.82, 2.24) is 9.55 Å². The molecule has 0 saturated heterocycles. The van der Waals surface area contributed by atoms with Crippen LogP contribution in [-0.4, -0.2) is 9.55 Å². The first-order valence-electron chi connectivity index (χ1n) is 23.9. The van der Waals surface area contributed by atoms with Crippen molar-refractivity contribution >= 4 is 75.5 Å². The Morgan fingerprint density at radius 1 is 0.286 bits per heavy atom. The maximum atomic E-state index is 5.47. The molecule has 0 N–H and O–H groups in total. The van der Waals surface area contributed by atoms with Crippen LogP contribution in [0.4, 0.5) is 0 Å². The minimum Gasteiger partial charge on any atom is -0.309 e. The standard InChI is InChI=1S/C67H42N2S/c1-4-13-43(14-5-1)46-23-27-48(28-24-46)63-39-53(40-64(68-63)49-29-25-47(26-30-49)44-15-6-2-7-16-44)69-65-34-32-51(45-17-8-3-9-18-45)37-61(65)62-41-59-56-21-11-10-20-55(56)57-33-31-52(38-58(57)60(59)42-66(62)69)54-22-12-19-50-35-36-70-67(50)54/h1-42H. The van der Waals surface area contributed by atoms with Crippen molar-refractivity contribution in [2.24, 2.45) is 0 Å². The van der Waals surface area contributed by atoms with E-state index in [-0.39, 0.29) is 0 Å². The number of thiophene rings is 1. The van der Waals surface area contributed by atoms with Crippen molar-refractivity contribution in [1.29, 1.82) is 0 Å². The lowest BCUT2D eigenvalue weighted by Crippen LogP contribution is -1.98. The maximum absolute atomic E-state index is 5.47. The van der Waals surface area contributed by atoms with Crippen LogP contribution in [0, 0.1) is 0 Å². The van der Waals surface area contributed by atoms with Crippen LogP contribution in [0.1, 0.15) is 0 Å². The molecule has 3 heteroatoms. The molecule has 0 saturated carbocycles. The van der Waals surface area contributed by atoms with Crippen LogP contribution in [0.2, 0.25) is 0 Å². The van der Waals surface area contributed by atoms with Gasteiger partial charge < -0.3 is 4.57 Å². The summed E-state index contributed by atoms with van der Waals surface area (Å²) >= 11 is 1.81. The van der Waals surface area contributed by atoms with E-state index < -0.39 is 0 Å².